The predicted molar refractivity (Wildman–Crippen MR) is 91.2 cm³/mol. The highest BCUT2D eigenvalue weighted by atomic mass is 32.2. The van der Waals surface area contributed by atoms with E-state index in [1.54, 1.807) is 13.2 Å². The van der Waals surface area contributed by atoms with Gasteiger partial charge in [0.1, 0.15) is 5.75 Å². The van der Waals surface area contributed by atoms with Crippen LogP contribution in [0.3, 0.4) is 0 Å². The number of fused-ring (bicyclic) bond motifs is 1. The summed E-state index contributed by atoms with van der Waals surface area (Å²) in [5, 5.41) is 0.651. The van der Waals surface area contributed by atoms with Crippen LogP contribution in [0.15, 0.2) is 36.9 Å². The zero-order valence-corrected chi connectivity index (χ0v) is 13.9. The van der Waals surface area contributed by atoms with Gasteiger partial charge in [-0.05, 0) is 24.4 Å². The summed E-state index contributed by atoms with van der Waals surface area (Å²) < 4.78 is 29.4. The number of hydrogen-bond donors (Lipinski definition) is 0. The van der Waals surface area contributed by atoms with Crippen LogP contribution in [0.2, 0.25) is 0 Å². The van der Waals surface area contributed by atoms with E-state index in [4.69, 9.17) is 17.0 Å². The molecule has 0 spiro atoms. The fourth-order valence-electron chi connectivity index (χ4n) is 3.19. The smallest absolute Gasteiger partial charge is 0.177 e. The highest BCUT2D eigenvalue weighted by molar-refractivity contribution is 7.91. The number of rotatable bonds is 4. The summed E-state index contributed by atoms with van der Waals surface area (Å²) in [7, 11) is -1.44. The number of sulfone groups is 1. The SMILES string of the molecule is C=CCN1C(=S)N(c2cccc(OC)c2)[C@@H]2CS(=O)(=O)C[C@H]21. The van der Waals surface area contributed by atoms with Crippen molar-refractivity contribution < 1.29 is 13.2 Å². The summed E-state index contributed by atoms with van der Waals surface area (Å²) >= 11 is 5.59. The number of nitrogens with zero attached hydrogens (tertiary/aromatic N) is 2. The minimum Gasteiger partial charge on any atom is -0.497 e. The van der Waals surface area contributed by atoms with Gasteiger partial charge in [0.2, 0.25) is 0 Å². The van der Waals surface area contributed by atoms with Gasteiger partial charge in [-0.15, -0.1) is 6.58 Å². The molecule has 3 rings (SSSR count). The molecule has 2 atom stereocenters. The number of hydrogen-bond acceptors (Lipinski definition) is 4. The van der Waals surface area contributed by atoms with Crippen LogP contribution in [-0.2, 0) is 9.84 Å². The van der Waals surface area contributed by atoms with E-state index < -0.39 is 9.84 Å². The largest absolute Gasteiger partial charge is 0.497 e. The molecule has 2 fully saturated rings. The molecule has 0 aliphatic carbocycles. The van der Waals surface area contributed by atoms with Crippen molar-refractivity contribution in [3.63, 3.8) is 0 Å². The van der Waals surface area contributed by atoms with E-state index in [9.17, 15) is 8.42 Å². The van der Waals surface area contributed by atoms with Gasteiger partial charge in [-0.25, -0.2) is 8.42 Å². The van der Waals surface area contributed by atoms with Gasteiger partial charge in [-0.2, -0.15) is 0 Å². The second kappa shape index (κ2) is 5.55. The van der Waals surface area contributed by atoms with Crippen molar-refractivity contribution in [1.82, 2.24) is 4.90 Å². The highest BCUT2D eigenvalue weighted by Crippen LogP contribution is 2.36. The fraction of sp³-hybridized carbons (Fsp3) is 0.400. The molecule has 1 aromatic carbocycles. The molecule has 0 radical (unpaired) electrons. The van der Waals surface area contributed by atoms with Crippen LogP contribution in [0.1, 0.15) is 0 Å². The molecule has 22 heavy (non-hydrogen) atoms. The molecule has 0 N–H and O–H groups in total. The second-order valence-electron chi connectivity index (χ2n) is 5.51. The van der Waals surface area contributed by atoms with Crippen LogP contribution in [-0.4, -0.2) is 55.7 Å². The number of benzene rings is 1. The first-order valence-electron chi connectivity index (χ1n) is 7.02. The minimum atomic E-state index is -3.05. The van der Waals surface area contributed by atoms with Crippen molar-refractivity contribution >= 4 is 32.9 Å². The van der Waals surface area contributed by atoms with Gasteiger partial charge < -0.3 is 14.5 Å². The molecule has 2 aliphatic rings. The third-order valence-electron chi connectivity index (χ3n) is 4.13. The fourth-order valence-corrected chi connectivity index (χ4v) is 5.59. The lowest BCUT2D eigenvalue weighted by Gasteiger charge is -2.25. The lowest BCUT2D eigenvalue weighted by Crippen LogP contribution is -2.37. The molecule has 0 unspecified atom stereocenters. The van der Waals surface area contributed by atoms with E-state index in [2.05, 4.69) is 6.58 Å². The van der Waals surface area contributed by atoms with Gasteiger partial charge >= 0.3 is 0 Å². The first kappa shape index (κ1) is 15.3. The summed E-state index contributed by atoms with van der Waals surface area (Å²) in [6.45, 7) is 4.30. The Morgan fingerprint density at radius 2 is 2.14 bits per heavy atom. The molecule has 2 saturated heterocycles. The van der Waals surface area contributed by atoms with Crippen molar-refractivity contribution in [2.75, 3.05) is 30.1 Å². The topological polar surface area (TPSA) is 49.9 Å². The van der Waals surface area contributed by atoms with E-state index in [0.717, 1.165) is 11.4 Å². The van der Waals surface area contributed by atoms with Crippen LogP contribution < -0.4 is 9.64 Å². The molecular weight excluding hydrogens is 320 g/mol. The molecule has 2 heterocycles. The lowest BCUT2D eigenvalue weighted by molar-refractivity contribution is 0.389. The van der Waals surface area contributed by atoms with E-state index in [1.165, 1.54) is 0 Å². The zero-order valence-electron chi connectivity index (χ0n) is 12.3. The van der Waals surface area contributed by atoms with E-state index >= 15 is 0 Å². The Bertz CT molecular complexity index is 717. The maximum Gasteiger partial charge on any atom is 0.177 e. The zero-order chi connectivity index (χ0) is 15.9. The Labute approximate surface area is 136 Å². The van der Waals surface area contributed by atoms with Gasteiger partial charge in [0.05, 0.1) is 30.7 Å². The summed E-state index contributed by atoms with van der Waals surface area (Å²) in [6.07, 6.45) is 1.75. The van der Waals surface area contributed by atoms with E-state index in [1.807, 2.05) is 34.1 Å². The van der Waals surface area contributed by atoms with Gasteiger partial charge in [-0.1, -0.05) is 12.1 Å². The molecule has 7 heteroatoms. The molecule has 5 nitrogen and oxygen atoms in total. The average molecular weight is 338 g/mol. The number of thiocarbonyl (C=S) groups is 1. The van der Waals surface area contributed by atoms with E-state index in [-0.39, 0.29) is 23.6 Å². The third kappa shape index (κ3) is 2.48. The molecule has 2 aliphatic heterocycles. The van der Waals surface area contributed by atoms with Crippen LogP contribution in [0.25, 0.3) is 0 Å². The summed E-state index contributed by atoms with van der Waals surface area (Å²) in [4.78, 5) is 3.90. The van der Waals surface area contributed by atoms with Gasteiger partial charge in [0.25, 0.3) is 0 Å². The Kier molecular flexibility index (Phi) is 3.86. The van der Waals surface area contributed by atoms with Gasteiger partial charge in [0.15, 0.2) is 14.9 Å². The van der Waals surface area contributed by atoms with Crippen molar-refractivity contribution in [2.24, 2.45) is 0 Å². The van der Waals surface area contributed by atoms with Gasteiger partial charge in [-0.3, -0.25) is 0 Å². The number of anilines is 1. The second-order valence-corrected chi connectivity index (χ2v) is 8.03. The summed E-state index contributed by atoms with van der Waals surface area (Å²) in [5.74, 6) is 0.995. The quantitative estimate of drug-likeness (QED) is 0.612. The van der Waals surface area contributed by atoms with Crippen molar-refractivity contribution in [2.45, 2.75) is 12.1 Å². The third-order valence-corrected chi connectivity index (χ3v) is 6.26. The Morgan fingerprint density at radius 3 is 2.82 bits per heavy atom. The average Bonchev–Trinajstić information content (AvgIpc) is 2.91. The first-order chi connectivity index (χ1) is 10.5. The molecular formula is C15H18N2O3S2. The first-order valence-corrected chi connectivity index (χ1v) is 9.25. The Morgan fingerprint density at radius 1 is 1.41 bits per heavy atom. The van der Waals surface area contributed by atoms with Crippen LogP contribution in [0.5, 0.6) is 5.75 Å². The molecule has 0 bridgehead atoms. The highest BCUT2D eigenvalue weighted by Gasteiger charge is 2.51. The number of methoxy groups -OCH3 is 1. The predicted octanol–water partition coefficient (Wildman–Crippen LogP) is 1.45. The minimum absolute atomic E-state index is 0.110. The summed E-state index contributed by atoms with van der Waals surface area (Å²) in [6, 6.07) is 7.28. The molecule has 0 aromatic heterocycles. The van der Waals surface area contributed by atoms with Crippen molar-refractivity contribution in [3.05, 3.63) is 36.9 Å². The Hall–Kier alpha value is -1.60. The lowest BCUT2D eigenvalue weighted by atomic mass is 10.1. The monoisotopic (exact) mass is 338 g/mol. The van der Waals surface area contributed by atoms with Crippen LogP contribution in [0.4, 0.5) is 5.69 Å². The Balaban J connectivity index is 2.02. The van der Waals surface area contributed by atoms with E-state index in [0.29, 0.717) is 11.7 Å². The van der Waals surface area contributed by atoms with Crippen molar-refractivity contribution in [1.29, 1.82) is 0 Å². The molecule has 0 amide bonds. The van der Waals surface area contributed by atoms with Gasteiger partial charge in [0, 0.05) is 18.3 Å². The van der Waals surface area contributed by atoms with Crippen molar-refractivity contribution in [3.8, 4) is 5.75 Å². The maximum atomic E-state index is 12.1. The number of ether oxygens (including phenoxy) is 1. The molecule has 1 aromatic rings. The molecule has 118 valence electrons. The molecule has 0 saturated carbocycles. The standard InChI is InChI=1S/C15H18N2O3S2/c1-3-7-16-13-9-22(18,19)10-14(13)17(15(16)21)11-5-4-6-12(8-11)20-2/h3-6,8,13-14H,1,7,9-10H2,2H3/t13-,14-/m1/s1. The normalized spacial score (nSPS) is 26.1. The van der Waals surface area contributed by atoms with Crippen LogP contribution in [0, 0.1) is 0 Å². The maximum absolute atomic E-state index is 12.1. The summed E-state index contributed by atoms with van der Waals surface area (Å²) in [5.41, 5.74) is 0.864. The van der Waals surface area contributed by atoms with Crippen LogP contribution >= 0.6 is 12.2 Å².